The van der Waals surface area contributed by atoms with E-state index >= 15 is 0 Å². The van der Waals surface area contributed by atoms with Gasteiger partial charge in [0.05, 0.1) is 32.9 Å². The molecule has 1 unspecified atom stereocenters. The number of alkyl carbamates (subject to hydrolysis) is 2. The van der Waals surface area contributed by atoms with Crippen LogP contribution < -0.4 is 21.3 Å². The van der Waals surface area contributed by atoms with Gasteiger partial charge in [0.1, 0.15) is 19.5 Å². The fraction of sp³-hybridized carbons (Fsp3) is 0.522. The maximum absolute atomic E-state index is 11.3. The Morgan fingerprint density at radius 1 is 1.00 bits per heavy atom. The van der Waals surface area contributed by atoms with Crippen molar-refractivity contribution in [1.82, 2.24) is 16.0 Å². The first-order valence-electron chi connectivity index (χ1n) is 11.4. The van der Waals surface area contributed by atoms with Crippen LogP contribution in [-0.2, 0) is 35.1 Å². The van der Waals surface area contributed by atoms with E-state index in [4.69, 9.17) is 17.3 Å². The van der Waals surface area contributed by atoms with Gasteiger partial charge >= 0.3 is 12.2 Å². The van der Waals surface area contributed by atoms with Crippen molar-refractivity contribution in [1.29, 1.82) is 0 Å². The van der Waals surface area contributed by atoms with Crippen LogP contribution in [0.1, 0.15) is 19.4 Å². The second kappa shape index (κ2) is 20.5. The molecule has 0 aliphatic rings. The third kappa shape index (κ3) is 18.3. The minimum atomic E-state index is -0.809. The molecule has 14 heteroatoms. The molecular weight excluding hydrogens is 487 g/mol. The van der Waals surface area contributed by atoms with Gasteiger partial charge in [-0.3, -0.25) is 9.59 Å². The van der Waals surface area contributed by atoms with Crippen LogP contribution in [0.4, 0.5) is 20.1 Å². The summed E-state index contributed by atoms with van der Waals surface area (Å²) in [5.41, 5.74) is 1.49. The highest BCUT2D eigenvalue weighted by atomic mass is 16.6. The first-order chi connectivity index (χ1) is 17.6. The summed E-state index contributed by atoms with van der Waals surface area (Å²) in [6.07, 6.45) is -0.522. The van der Waals surface area contributed by atoms with E-state index in [1.807, 2.05) is 13.8 Å². The van der Waals surface area contributed by atoms with Gasteiger partial charge in [-0.25, -0.2) is 9.59 Å². The van der Waals surface area contributed by atoms with Crippen molar-refractivity contribution in [3.8, 4) is 0 Å². The van der Waals surface area contributed by atoms with Crippen molar-refractivity contribution >= 4 is 43.8 Å². The first-order valence-corrected chi connectivity index (χ1v) is 11.4. The molecule has 37 heavy (non-hydrogen) atoms. The minimum absolute atomic E-state index is 0.000644. The van der Waals surface area contributed by atoms with E-state index in [0.717, 1.165) is 5.56 Å². The van der Waals surface area contributed by atoms with Crippen molar-refractivity contribution in [3.05, 3.63) is 29.8 Å². The zero-order valence-corrected chi connectivity index (χ0v) is 21.5. The maximum atomic E-state index is 11.3. The van der Waals surface area contributed by atoms with E-state index in [9.17, 15) is 24.0 Å². The molecule has 3 amide bonds. The number of carbonyl (C=O) groups excluding carboxylic acids is 5. The Morgan fingerprint density at radius 3 is 2.22 bits per heavy atom. The second-order valence-electron chi connectivity index (χ2n) is 7.60. The molecule has 1 atom stereocenters. The normalized spacial score (nSPS) is 10.7. The van der Waals surface area contributed by atoms with Crippen LogP contribution >= 0.6 is 0 Å². The quantitative estimate of drug-likeness (QED) is 0.119. The van der Waals surface area contributed by atoms with Gasteiger partial charge in [-0.1, -0.05) is 26.0 Å². The molecule has 4 N–H and O–H groups in total. The Morgan fingerprint density at radius 2 is 1.68 bits per heavy atom. The highest BCUT2D eigenvalue weighted by Crippen LogP contribution is 2.10. The average Bonchev–Trinajstić information content (AvgIpc) is 2.86. The molecule has 13 nitrogen and oxygen atoms in total. The molecule has 0 aromatic heterocycles. The fourth-order valence-corrected chi connectivity index (χ4v) is 2.33. The smallest absolute Gasteiger partial charge is 0.407 e. The number of carbonyl (C=O) groups is 5. The molecule has 0 aliphatic heterocycles. The van der Waals surface area contributed by atoms with Crippen LogP contribution in [0, 0.1) is 5.92 Å². The van der Waals surface area contributed by atoms with Gasteiger partial charge < -0.3 is 45.0 Å². The third-order valence-electron chi connectivity index (χ3n) is 4.27. The molecule has 0 heterocycles. The average molecular weight is 522 g/mol. The molecule has 204 valence electrons. The number of aldehydes is 1. The largest absolute Gasteiger partial charge is 0.470 e. The number of nitrogens with one attached hydrogen (secondary N) is 4. The summed E-state index contributed by atoms with van der Waals surface area (Å²) in [5, 5.41) is 10.3. The third-order valence-corrected chi connectivity index (χ3v) is 4.27. The number of anilines is 1. The number of methoxy groups -OCH3 is 1. The summed E-state index contributed by atoms with van der Waals surface area (Å²) in [7, 11) is 7.81. The van der Waals surface area contributed by atoms with E-state index in [2.05, 4.69) is 30.7 Å². The van der Waals surface area contributed by atoms with Crippen molar-refractivity contribution in [2.45, 2.75) is 26.5 Å². The highest BCUT2D eigenvalue weighted by Gasteiger charge is 2.15. The molecule has 0 saturated heterocycles. The van der Waals surface area contributed by atoms with Crippen molar-refractivity contribution in [2.75, 3.05) is 52.4 Å². The lowest BCUT2D eigenvalue weighted by Gasteiger charge is -2.15. The number of ether oxygens (including phenoxy) is 4. The van der Waals surface area contributed by atoms with Gasteiger partial charge in [0, 0.05) is 12.2 Å². The molecule has 1 aromatic carbocycles. The Labute approximate surface area is 217 Å². The molecule has 0 bridgehead atoms. The molecule has 2 radical (unpaired) electrons. The fourth-order valence-electron chi connectivity index (χ4n) is 2.33. The topological polar surface area (TPSA) is 170 Å². The van der Waals surface area contributed by atoms with Crippen LogP contribution in [0.5, 0.6) is 0 Å². The molecule has 0 fully saturated rings. The Balaban J connectivity index is 0.000000708. The Hall–Kier alpha value is -3.65. The number of hydrogen-bond acceptors (Lipinski definition) is 10. The van der Waals surface area contributed by atoms with Gasteiger partial charge in [-0.2, -0.15) is 0 Å². The van der Waals surface area contributed by atoms with E-state index in [1.54, 1.807) is 31.3 Å². The van der Waals surface area contributed by atoms with E-state index in [0.29, 0.717) is 18.5 Å². The SMILES string of the molecule is COC(=O)NCCOCCOC(=O)NC(C=O)C(C)C.[B]C(=O)OCc1ccc(NC(=O)CNC)cc1. The summed E-state index contributed by atoms with van der Waals surface area (Å²) in [6.45, 7) is 4.86. The van der Waals surface area contributed by atoms with E-state index in [1.165, 1.54) is 7.11 Å². The van der Waals surface area contributed by atoms with E-state index in [-0.39, 0.29) is 44.8 Å². The number of amides is 3. The summed E-state index contributed by atoms with van der Waals surface area (Å²) < 4.78 is 18.9. The lowest BCUT2D eigenvalue weighted by atomic mass is 10.1. The van der Waals surface area contributed by atoms with Crippen molar-refractivity contribution < 1.29 is 42.9 Å². The summed E-state index contributed by atoms with van der Waals surface area (Å²) in [5.74, 6) is -0.925. The molecule has 0 aliphatic carbocycles. The monoisotopic (exact) mass is 522 g/mol. The first kappa shape index (κ1) is 33.4. The zero-order chi connectivity index (χ0) is 28.1. The zero-order valence-electron chi connectivity index (χ0n) is 21.5. The van der Waals surface area contributed by atoms with Crippen molar-refractivity contribution in [2.24, 2.45) is 5.92 Å². The molecule has 0 spiro atoms. The number of likely N-dealkylation sites (N-methyl/N-ethyl adjacent to an activating group) is 1. The standard InChI is InChI=1S/C12H22N2O6.C11H13BN2O3/c1-9(2)10(8-15)14-12(17)20-7-6-19-5-4-13-11(16)18-3;1-13-6-10(15)14-9-4-2-8(3-5-9)7-17-11(12)16/h8-10H,4-7H2,1-3H3,(H,13,16)(H,14,17);2-5,13H,6-7H2,1H3,(H,14,15). The van der Waals surface area contributed by atoms with Gasteiger partial charge in [0.15, 0.2) is 0 Å². The van der Waals surface area contributed by atoms with Crippen LogP contribution in [0.15, 0.2) is 24.3 Å². The second-order valence-corrected chi connectivity index (χ2v) is 7.60. The van der Waals surface area contributed by atoms with Crippen LogP contribution in [0.3, 0.4) is 0 Å². The molecule has 0 saturated carbocycles. The molecular formula is C23H35BN4O9. The Bertz CT molecular complexity index is 838. The van der Waals surface area contributed by atoms with Crippen LogP contribution in [0.25, 0.3) is 0 Å². The predicted octanol–water partition coefficient (Wildman–Crippen LogP) is 0.958. The number of benzene rings is 1. The van der Waals surface area contributed by atoms with Gasteiger partial charge in [-0.15, -0.1) is 0 Å². The van der Waals surface area contributed by atoms with Crippen molar-refractivity contribution in [3.63, 3.8) is 0 Å². The molecule has 1 rings (SSSR count). The summed E-state index contributed by atoms with van der Waals surface area (Å²) in [4.78, 5) is 54.3. The minimum Gasteiger partial charge on any atom is -0.470 e. The lowest BCUT2D eigenvalue weighted by Crippen LogP contribution is -2.40. The number of rotatable bonds is 14. The van der Waals surface area contributed by atoms with Gasteiger partial charge in [0.2, 0.25) is 19.6 Å². The van der Waals surface area contributed by atoms with Crippen LogP contribution in [-0.4, -0.2) is 91.2 Å². The summed E-state index contributed by atoms with van der Waals surface area (Å²) in [6, 6.07) is 6.39. The highest BCUT2D eigenvalue weighted by molar-refractivity contribution is 6.55. The lowest BCUT2D eigenvalue weighted by molar-refractivity contribution is -0.115. The number of hydrogen-bond donors (Lipinski definition) is 4. The summed E-state index contributed by atoms with van der Waals surface area (Å²) >= 11 is 0. The van der Waals surface area contributed by atoms with E-state index < -0.39 is 24.1 Å². The van der Waals surface area contributed by atoms with Crippen LogP contribution in [0.2, 0.25) is 0 Å². The maximum Gasteiger partial charge on any atom is 0.407 e. The Kier molecular flexibility index (Phi) is 18.5. The van der Waals surface area contributed by atoms with Gasteiger partial charge in [0.25, 0.3) is 0 Å². The van der Waals surface area contributed by atoms with Gasteiger partial charge in [-0.05, 0) is 30.7 Å². The molecule has 1 aromatic rings. The predicted molar refractivity (Wildman–Crippen MR) is 135 cm³/mol.